The Balaban J connectivity index is 3.60. The lowest BCUT2D eigenvalue weighted by Crippen LogP contribution is -2.19. The molecule has 8 heteroatoms. The summed E-state index contributed by atoms with van der Waals surface area (Å²) in [6.07, 6.45) is -4.87. The van der Waals surface area contributed by atoms with Crippen molar-refractivity contribution < 1.29 is 32.6 Å². The maximum atomic E-state index is 12.7. The van der Waals surface area contributed by atoms with Crippen LogP contribution in [0.2, 0.25) is 0 Å². The number of esters is 1. The third-order valence-corrected chi connectivity index (χ3v) is 2.11. The fraction of sp³-hybridized carbons (Fsp3) is 0.300. The monoisotopic (exact) mass is 263 g/mol. The summed E-state index contributed by atoms with van der Waals surface area (Å²) in [6.45, 7) is 1.11. The van der Waals surface area contributed by atoms with E-state index in [-0.39, 0.29) is 5.69 Å². The number of carboxylic acid groups (broad SMARTS) is 1. The smallest absolute Gasteiger partial charge is 0.417 e. The number of ether oxygens (including phenoxy) is 1. The Kier molecular flexibility index (Phi) is 3.59. The Morgan fingerprint density at radius 2 is 1.94 bits per heavy atom. The molecule has 0 aliphatic rings. The molecule has 0 saturated carbocycles. The number of halogens is 3. The van der Waals surface area contributed by atoms with Crippen LogP contribution in [0.1, 0.15) is 32.1 Å². The Bertz CT molecular complexity index is 511. The molecule has 18 heavy (non-hydrogen) atoms. The number of aromatic nitrogens is 1. The van der Waals surface area contributed by atoms with Crippen LogP contribution in [0, 0.1) is 6.92 Å². The normalized spacial score (nSPS) is 11.2. The number of aromatic carboxylic acids is 1. The highest BCUT2D eigenvalue weighted by Crippen LogP contribution is 2.33. The van der Waals surface area contributed by atoms with E-state index >= 15 is 0 Å². The largest absolute Gasteiger partial charge is 0.477 e. The number of hydrogen-bond donors (Lipinski definition) is 1. The maximum Gasteiger partial charge on any atom is 0.417 e. The number of rotatable bonds is 2. The third kappa shape index (κ3) is 2.58. The van der Waals surface area contributed by atoms with Crippen molar-refractivity contribution in [1.29, 1.82) is 0 Å². The second kappa shape index (κ2) is 4.63. The highest BCUT2D eigenvalue weighted by atomic mass is 19.4. The van der Waals surface area contributed by atoms with E-state index in [0.29, 0.717) is 6.07 Å². The fourth-order valence-electron chi connectivity index (χ4n) is 1.37. The molecule has 1 aromatic rings. The Morgan fingerprint density at radius 3 is 2.33 bits per heavy atom. The van der Waals surface area contributed by atoms with Crippen molar-refractivity contribution in [3.63, 3.8) is 0 Å². The zero-order chi connectivity index (χ0) is 14.1. The quantitative estimate of drug-likeness (QED) is 0.824. The van der Waals surface area contributed by atoms with Crippen molar-refractivity contribution in [3.8, 4) is 0 Å². The van der Waals surface area contributed by atoms with Crippen LogP contribution in [0.3, 0.4) is 0 Å². The number of pyridine rings is 1. The molecule has 1 rings (SSSR count). The summed E-state index contributed by atoms with van der Waals surface area (Å²) in [5.41, 5.74) is -3.30. The van der Waals surface area contributed by atoms with Gasteiger partial charge in [-0.15, -0.1) is 0 Å². The minimum absolute atomic E-state index is 0.307. The molecule has 1 heterocycles. The van der Waals surface area contributed by atoms with Crippen LogP contribution in [0.4, 0.5) is 13.2 Å². The molecule has 1 N–H and O–H groups in total. The highest BCUT2D eigenvalue weighted by Gasteiger charge is 2.38. The number of methoxy groups -OCH3 is 1. The van der Waals surface area contributed by atoms with Gasteiger partial charge in [0.1, 0.15) is 5.69 Å². The molecule has 0 amide bonds. The lowest BCUT2D eigenvalue weighted by atomic mass is 10.0. The molecule has 5 nitrogen and oxygen atoms in total. The topological polar surface area (TPSA) is 76.5 Å². The molecule has 0 radical (unpaired) electrons. The molecule has 0 bridgehead atoms. The lowest BCUT2D eigenvalue weighted by molar-refractivity contribution is -0.138. The van der Waals surface area contributed by atoms with E-state index in [1.807, 2.05) is 0 Å². The Hall–Kier alpha value is -2.12. The average molecular weight is 263 g/mol. The molecular formula is C10H8F3NO4. The minimum atomic E-state index is -4.87. The average Bonchev–Trinajstić information content (AvgIpc) is 2.25. The zero-order valence-electron chi connectivity index (χ0n) is 9.33. The summed E-state index contributed by atoms with van der Waals surface area (Å²) < 4.78 is 42.4. The van der Waals surface area contributed by atoms with E-state index < -0.39 is 34.9 Å². The zero-order valence-corrected chi connectivity index (χ0v) is 9.33. The van der Waals surface area contributed by atoms with Crippen LogP contribution >= 0.6 is 0 Å². The molecule has 0 aliphatic heterocycles. The third-order valence-electron chi connectivity index (χ3n) is 2.11. The van der Waals surface area contributed by atoms with Crippen molar-refractivity contribution in [1.82, 2.24) is 4.98 Å². The van der Waals surface area contributed by atoms with Crippen LogP contribution < -0.4 is 0 Å². The fourth-order valence-corrected chi connectivity index (χ4v) is 1.37. The van der Waals surface area contributed by atoms with Gasteiger partial charge in [0, 0.05) is 0 Å². The van der Waals surface area contributed by atoms with Gasteiger partial charge < -0.3 is 9.84 Å². The second-order valence-electron chi connectivity index (χ2n) is 3.31. The summed E-state index contributed by atoms with van der Waals surface area (Å²) >= 11 is 0. The van der Waals surface area contributed by atoms with Gasteiger partial charge >= 0.3 is 18.1 Å². The van der Waals surface area contributed by atoms with Crippen LogP contribution in [0.15, 0.2) is 6.07 Å². The van der Waals surface area contributed by atoms with Gasteiger partial charge in [-0.2, -0.15) is 13.2 Å². The number of carboxylic acids is 1. The van der Waals surface area contributed by atoms with Gasteiger partial charge in [0.25, 0.3) is 0 Å². The van der Waals surface area contributed by atoms with Gasteiger partial charge in [-0.05, 0) is 13.0 Å². The SMILES string of the molecule is COC(=O)c1c(C(F)(F)F)cc(C(=O)O)nc1C. The van der Waals surface area contributed by atoms with Crippen molar-refractivity contribution in [2.45, 2.75) is 13.1 Å². The van der Waals surface area contributed by atoms with E-state index in [1.54, 1.807) is 0 Å². The first-order chi connectivity index (χ1) is 8.18. The van der Waals surface area contributed by atoms with Crippen LogP contribution in [0.25, 0.3) is 0 Å². The molecule has 0 aromatic carbocycles. The first-order valence-electron chi connectivity index (χ1n) is 4.59. The summed E-state index contributed by atoms with van der Waals surface area (Å²) in [5.74, 6) is -2.83. The highest BCUT2D eigenvalue weighted by molar-refractivity contribution is 5.94. The predicted octanol–water partition coefficient (Wildman–Crippen LogP) is 1.89. The Morgan fingerprint density at radius 1 is 1.39 bits per heavy atom. The van der Waals surface area contributed by atoms with Crippen molar-refractivity contribution in [3.05, 3.63) is 28.6 Å². The van der Waals surface area contributed by atoms with Gasteiger partial charge in [0.15, 0.2) is 0 Å². The predicted molar refractivity (Wildman–Crippen MR) is 52.3 cm³/mol. The Labute approximate surface area is 99.2 Å². The summed E-state index contributed by atoms with van der Waals surface area (Å²) in [5, 5.41) is 8.64. The molecule has 0 aliphatic carbocycles. The van der Waals surface area contributed by atoms with Gasteiger partial charge in [-0.25, -0.2) is 14.6 Å². The number of nitrogens with zero attached hydrogens (tertiary/aromatic N) is 1. The first kappa shape index (κ1) is 13.9. The van der Waals surface area contributed by atoms with Gasteiger partial charge in [-0.1, -0.05) is 0 Å². The van der Waals surface area contributed by atoms with E-state index in [9.17, 15) is 22.8 Å². The number of carbonyl (C=O) groups is 2. The van der Waals surface area contributed by atoms with Crippen LogP contribution in [-0.2, 0) is 10.9 Å². The number of alkyl halides is 3. The summed E-state index contributed by atoms with van der Waals surface area (Å²) in [6, 6.07) is 0.307. The first-order valence-corrected chi connectivity index (χ1v) is 4.59. The molecule has 0 atom stereocenters. The van der Waals surface area contributed by atoms with Crippen LogP contribution in [-0.4, -0.2) is 29.1 Å². The van der Waals surface area contributed by atoms with E-state index in [2.05, 4.69) is 9.72 Å². The van der Waals surface area contributed by atoms with Gasteiger partial charge in [-0.3, -0.25) is 0 Å². The van der Waals surface area contributed by atoms with Crippen molar-refractivity contribution in [2.24, 2.45) is 0 Å². The van der Waals surface area contributed by atoms with Gasteiger partial charge in [0.05, 0.1) is 23.9 Å². The molecule has 0 fully saturated rings. The molecule has 0 spiro atoms. The standard InChI is InChI=1S/C10H8F3NO4/c1-4-7(9(17)18-2)5(10(11,12)13)3-6(14-4)8(15)16/h3H,1-2H3,(H,15,16). The molecule has 1 aromatic heterocycles. The minimum Gasteiger partial charge on any atom is -0.477 e. The summed E-state index contributed by atoms with van der Waals surface area (Å²) in [7, 11) is 0.924. The maximum absolute atomic E-state index is 12.7. The van der Waals surface area contributed by atoms with E-state index in [0.717, 1.165) is 14.0 Å². The van der Waals surface area contributed by atoms with Gasteiger partial charge in [0.2, 0.25) is 0 Å². The number of hydrogen-bond acceptors (Lipinski definition) is 4. The summed E-state index contributed by atoms with van der Waals surface area (Å²) in [4.78, 5) is 25.3. The van der Waals surface area contributed by atoms with E-state index in [4.69, 9.17) is 5.11 Å². The van der Waals surface area contributed by atoms with Crippen molar-refractivity contribution in [2.75, 3.05) is 7.11 Å². The lowest BCUT2D eigenvalue weighted by Gasteiger charge is -2.13. The molecular weight excluding hydrogens is 255 g/mol. The number of carbonyl (C=O) groups excluding carboxylic acids is 1. The molecule has 0 unspecified atom stereocenters. The van der Waals surface area contributed by atoms with Crippen molar-refractivity contribution >= 4 is 11.9 Å². The number of aryl methyl sites for hydroxylation is 1. The van der Waals surface area contributed by atoms with E-state index in [1.165, 1.54) is 0 Å². The molecule has 0 saturated heterocycles. The molecule has 98 valence electrons. The van der Waals surface area contributed by atoms with Crippen LogP contribution in [0.5, 0.6) is 0 Å². The second-order valence-corrected chi connectivity index (χ2v) is 3.31.